The SMILES string of the molecule is O=C(CCCC1CCCO1)c1cc(F)cc(Br)c1. The Morgan fingerprint density at radius 3 is 2.94 bits per heavy atom. The first-order chi connectivity index (χ1) is 8.65. The normalized spacial score (nSPS) is 19.1. The fraction of sp³-hybridized carbons (Fsp3) is 0.500. The highest BCUT2D eigenvalue weighted by Crippen LogP contribution is 2.20. The summed E-state index contributed by atoms with van der Waals surface area (Å²) >= 11 is 3.19. The zero-order chi connectivity index (χ0) is 13.0. The Hall–Kier alpha value is -0.740. The number of Topliss-reactive ketones (excluding diaryl/α,β-unsaturated/α-hetero) is 1. The van der Waals surface area contributed by atoms with E-state index in [-0.39, 0.29) is 11.6 Å². The van der Waals surface area contributed by atoms with Gasteiger partial charge in [0.2, 0.25) is 0 Å². The van der Waals surface area contributed by atoms with Crippen LogP contribution < -0.4 is 0 Å². The van der Waals surface area contributed by atoms with Crippen LogP contribution in [0.15, 0.2) is 22.7 Å². The number of hydrogen-bond acceptors (Lipinski definition) is 2. The molecule has 0 amide bonds. The fourth-order valence-corrected chi connectivity index (χ4v) is 2.69. The summed E-state index contributed by atoms with van der Waals surface area (Å²) in [5.74, 6) is -0.389. The summed E-state index contributed by atoms with van der Waals surface area (Å²) in [6, 6.07) is 4.31. The third-order valence-corrected chi connectivity index (χ3v) is 3.60. The maximum Gasteiger partial charge on any atom is 0.163 e. The van der Waals surface area contributed by atoms with E-state index in [1.807, 2.05) is 0 Å². The van der Waals surface area contributed by atoms with Crippen molar-refractivity contribution >= 4 is 21.7 Å². The second-order valence-corrected chi connectivity index (χ2v) is 5.52. The van der Waals surface area contributed by atoms with Crippen LogP contribution in [0.1, 0.15) is 42.5 Å². The summed E-state index contributed by atoms with van der Waals surface area (Å²) < 4.78 is 19.3. The first kappa shape index (κ1) is 13.7. The predicted octanol–water partition coefficient (Wildman–Crippen LogP) is 4.12. The van der Waals surface area contributed by atoms with Gasteiger partial charge in [-0.15, -0.1) is 0 Å². The third kappa shape index (κ3) is 3.89. The van der Waals surface area contributed by atoms with E-state index >= 15 is 0 Å². The minimum atomic E-state index is -0.383. The Balaban J connectivity index is 1.83. The lowest BCUT2D eigenvalue weighted by Gasteiger charge is -2.08. The smallest absolute Gasteiger partial charge is 0.163 e. The lowest BCUT2D eigenvalue weighted by molar-refractivity contribution is 0.0922. The van der Waals surface area contributed by atoms with E-state index < -0.39 is 0 Å². The quantitative estimate of drug-likeness (QED) is 0.764. The van der Waals surface area contributed by atoms with Gasteiger partial charge in [-0.2, -0.15) is 0 Å². The van der Waals surface area contributed by atoms with Crippen molar-refractivity contribution in [2.45, 2.75) is 38.2 Å². The Morgan fingerprint density at radius 2 is 2.28 bits per heavy atom. The molecule has 1 heterocycles. The van der Waals surface area contributed by atoms with Crippen LogP contribution in [0.4, 0.5) is 4.39 Å². The lowest BCUT2D eigenvalue weighted by atomic mass is 10.0. The summed E-state index contributed by atoms with van der Waals surface area (Å²) in [6.07, 6.45) is 4.71. The third-order valence-electron chi connectivity index (χ3n) is 3.14. The van der Waals surface area contributed by atoms with Crippen molar-refractivity contribution in [1.29, 1.82) is 0 Å². The number of halogens is 2. The predicted molar refractivity (Wildman–Crippen MR) is 71.3 cm³/mol. The van der Waals surface area contributed by atoms with Crippen molar-refractivity contribution in [1.82, 2.24) is 0 Å². The molecule has 1 unspecified atom stereocenters. The molecule has 1 aliphatic heterocycles. The van der Waals surface area contributed by atoms with Crippen molar-refractivity contribution in [3.05, 3.63) is 34.1 Å². The van der Waals surface area contributed by atoms with Gasteiger partial charge < -0.3 is 4.74 Å². The highest BCUT2D eigenvalue weighted by molar-refractivity contribution is 9.10. The molecule has 0 N–H and O–H groups in total. The van der Waals surface area contributed by atoms with Gasteiger partial charge in [-0.25, -0.2) is 4.39 Å². The van der Waals surface area contributed by atoms with E-state index in [1.165, 1.54) is 12.1 Å². The standard InChI is InChI=1S/C14H16BrFO2/c15-11-7-10(8-12(16)9-11)14(17)5-1-3-13-4-2-6-18-13/h7-9,13H,1-6H2. The van der Waals surface area contributed by atoms with Crippen molar-refractivity contribution < 1.29 is 13.9 Å². The van der Waals surface area contributed by atoms with Crippen LogP contribution in [-0.2, 0) is 4.74 Å². The minimum absolute atomic E-state index is 0.00630. The van der Waals surface area contributed by atoms with Gasteiger partial charge in [0.25, 0.3) is 0 Å². The van der Waals surface area contributed by atoms with Gasteiger partial charge in [0.05, 0.1) is 6.10 Å². The van der Waals surface area contributed by atoms with Crippen LogP contribution >= 0.6 is 15.9 Å². The molecule has 1 fully saturated rings. The van der Waals surface area contributed by atoms with Crippen LogP contribution in [0, 0.1) is 5.82 Å². The highest BCUT2D eigenvalue weighted by Gasteiger charge is 2.16. The monoisotopic (exact) mass is 314 g/mol. The number of carbonyl (C=O) groups is 1. The van der Waals surface area contributed by atoms with Gasteiger partial charge in [-0.05, 0) is 43.9 Å². The molecule has 18 heavy (non-hydrogen) atoms. The van der Waals surface area contributed by atoms with Gasteiger partial charge in [0.1, 0.15) is 5.82 Å². The Bertz CT molecular complexity index is 408. The zero-order valence-corrected chi connectivity index (χ0v) is 11.7. The van der Waals surface area contributed by atoms with Gasteiger partial charge in [0.15, 0.2) is 5.78 Å². The van der Waals surface area contributed by atoms with Crippen molar-refractivity contribution in [2.24, 2.45) is 0 Å². The van der Waals surface area contributed by atoms with Crippen LogP contribution in [0.2, 0.25) is 0 Å². The number of ether oxygens (including phenoxy) is 1. The summed E-state index contributed by atoms with van der Waals surface area (Å²) in [4.78, 5) is 11.9. The number of ketones is 1. The molecule has 1 aliphatic rings. The molecule has 4 heteroatoms. The number of benzene rings is 1. The maximum atomic E-state index is 13.2. The van der Waals surface area contributed by atoms with Crippen molar-refractivity contribution in [3.8, 4) is 0 Å². The molecule has 0 aromatic heterocycles. The molecule has 0 aliphatic carbocycles. The van der Waals surface area contributed by atoms with E-state index in [0.717, 1.165) is 32.3 Å². The fourth-order valence-electron chi connectivity index (χ4n) is 2.22. The molecular formula is C14H16BrFO2. The molecule has 2 nitrogen and oxygen atoms in total. The first-order valence-electron chi connectivity index (χ1n) is 6.26. The molecule has 0 saturated carbocycles. The topological polar surface area (TPSA) is 26.3 Å². The summed E-state index contributed by atoms with van der Waals surface area (Å²) in [5.41, 5.74) is 0.439. The molecule has 2 rings (SSSR count). The Labute approximate surface area is 115 Å². The Kier molecular flexibility index (Phi) is 4.89. The van der Waals surface area contributed by atoms with Gasteiger partial charge in [-0.1, -0.05) is 15.9 Å². The van der Waals surface area contributed by atoms with Gasteiger partial charge >= 0.3 is 0 Å². The summed E-state index contributed by atoms with van der Waals surface area (Å²) in [5, 5.41) is 0. The maximum absolute atomic E-state index is 13.2. The van der Waals surface area contributed by atoms with Crippen LogP contribution in [0.3, 0.4) is 0 Å². The summed E-state index contributed by atoms with van der Waals surface area (Å²) in [7, 11) is 0. The molecule has 0 radical (unpaired) electrons. The molecular weight excluding hydrogens is 299 g/mol. The molecule has 98 valence electrons. The van der Waals surface area contributed by atoms with E-state index in [4.69, 9.17) is 4.74 Å². The van der Waals surface area contributed by atoms with Gasteiger partial charge in [-0.3, -0.25) is 4.79 Å². The van der Waals surface area contributed by atoms with Crippen LogP contribution in [0.25, 0.3) is 0 Å². The number of hydrogen-bond donors (Lipinski definition) is 0. The lowest BCUT2D eigenvalue weighted by Crippen LogP contribution is -2.06. The largest absolute Gasteiger partial charge is 0.378 e. The molecule has 1 saturated heterocycles. The molecule has 0 bridgehead atoms. The van der Waals surface area contributed by atoms with Gasteiger partial charge in [0, 0.05) is 23.1 Å². The molecule has 0 spiro atoms. The molecule has 1 atom stereocenters. The van der Waals surface area contributed by atoms with Crippen molar-refractivity contribution in [2.75, 3.05) is 6.61 Å². The average Bonchev–Trinajstić information content (AvgIpc) is 2.80. The second-order valence-electron chi connectivity index (χ2n) is 4.61. The summed E-state index contributed by atoms with van der Waals surface area (Å²) in [6.45, 7) is 0.843. The van der Waals surface area contributed by atoms with E-state index in [0.29, 0.717) is 22.6 Å². The van der Waals surface area contributed by atoms with Crippen molar-refractivity contribution in [3.63, 3.8) is 0 Å². The number of rotatable bonds is 5. The van der Waals surface area contributed by atoms with E-state index in [1.54, 1.807) is 6.07 Å². The van der Waals surface area contributed by atoms with Crippen LogP contribution in [0.5, 0.6) is 0 Å². The second kappa shape index (κ2) is 6.43. The number of carbonyl (C=O) groups excluding carboxylic acids is 1. The van der Waals surface area contributed by atoms with E-state index in [9.17, 15) is 9.18 Å². The van der Waals surface area contributed by atoms with Crippen LogP contribution in [-0.4, -0.2) is 18.5 Å². The first-order valence-corrected chi connectivity index (χ1v) is 7.05. The Morgan fingerprint density at radius 1 is 1.44 bits per heavy atom. The highest BCUT2D eigenvalue weighted by atomic mass is 79.9. The molecule has 1 aromatic carbocycles. The average molecular weight is 315 g/mol. The minimum Gasteiger partial charge on any atom is -0.378 e. The van der Waals surface area contributed by atoms with E-state index in [2.05, 4.69) is 15.9 Å². The molecule has 1 aromatic rings. The zero-order valence-electron chi connectivity index (χ0n) is 10.1.